The Balaban J connectivity index is 1.92. The lowest BCUT2D eigenvalue weighted by atomic mass is 10.1. The topological polar surface area (TPSA) is 28.2 Å². The Morgan fingerprint density at radius 3 is 2.38 bits per heavy atom. The third kappa shape index (κ3) is 2.82. The number of fused-ring (bicyclic) bond motifs is 1. The van der Waals surface area contributed by atoms with Crippen LogP contribution in [0.25, 0.3) is 10.9 Å². The van der Waals surface area contributed by atoms with Crippen LogP contribution in [0.5, 0.6) is 0 Å². The third-order valence-corrected chi connectivity index (χ3v) is 3.56. The summed E-state index contributed by atoms with van der Waals surface area (Å²) < 4.78 is 0. The molecule has 0 saturated heterocycles. The number of hydrogen-bond donors (Lipinski definition) is 1. The molecular weight excluding hydrogens is 258 g/mol. The van der Waals surface area contributed by atoms with Crippen molar-refractivity contribution in [1.82, 2.24) is 4.98 Å². The van der Waals surface area contributed by atoms with Crippen molar-refractivity contribution in [2.45, 2.75) is 6.92 Å². The van der Waals surface area contributed by atoms with Crippen molar-refractivity contribution in [2.75, 3.05) is 24.3 Å². The molecule has 1 N–H and O–H groups in total. The molecule has 0 saturated carbocycles. The van der Waals surface area contributed by atoms with Crippen LogP contribution in [0.4, 0.5) is 17.2 Å². The van der Waals surface area contributed by atoms with Crippen molar-refractivity contribution in [2.24, 2.45) is 0 Å². The number of anilines is 3. The molecule has 3 rings (SSSR count). The highest BCUT2D eigenvalue weighted by Crippen LogP contribution is 2.24. The molecule has 0 amide bonds. The Morgan fingerprint density at radius 1 is 0.952 bits per heavy atom. The van der Waals surface area contributed by atoms with Crippen LogP contribution in [0.3, 0.4) is 0 Å². The number of nitrogens with one attached hydrogen (secondary N) is 1. The molecule has 0 bridgehead atoms. The Morgan fingerprint density at radius 2 is 1.67 bits per heavy atom. The largest absolute Gasteiger partial charge is 0.378 e. The molecule has 1 heterocycles. The van der Waals surface area contributed by atoms with Crippen LogP contribution < -0.4 is 10.2 Å². The van der Waals surface area contributed by atoms with Gasteiger partial charge < -0.3 is 10.2 Å². The average molecular weight is 277 g/mol. The van der Waals surface area contributed by atoms with E-state index in [2.05, 4.69) is 53.5 Å². The molecule has 0 aliphatic rings. The maximum atomic E-state index is 4.71. The number of pyridine rings is 1. The lowest BCUT2D eigenvalue weighted by molar-refractivity contribution is 1.13. The van der Waals surface area contributed by atoms with E-state index >= 15 is 0 Å². The maximum absolute atomic E-state index is 4.71. The van der Waals surface area contributed by atoms with Gasteiger partial charge in [0.05, 0.1) is 5.52 Å². The minimum atomic E-state index is 0.909. The van der Waals surface area contributed by atoms with E-state index in [1.165, 1.54) is 11.1 Å². The van der Waals surface area contributed by atoms with Gasteiger partial charge in [-0.3, -0.25) is 0 Å². The van der Waals surface area contributed by atoms with Crippen LogP contribution in [0, 0.1) is 6.92 Å². The highest BCUT2D eigenvalue weighted by molar-refractivity contribution is 5.82. The first-order valence-corrected chi connectivity index (χ1v) is 7.04. The van der Waals surface area contributed by atoms with Crippen LogP contribution >= 0.6 is 0 Å². The quantitative estimate of drug-likeness (QED) is 0.771. The Hall–Kier alpha value is -2.55. The summed E-state index contributed by atoms with van der Waals surface area (Å²) in [5.74, 6) is 0.909. The fourth-order valence-corrected chi connectivity index (χ4v) is 2.33. The number of nitrogens with zero attached hydrogens (tertiary/aromatic N) is 2. The average Bonchev–Trinajstić information content (AvgIpc) is 2.48. The van der Waals surface area contributed by atoms with Gasteiger partial charge in [-0.05, 0) is 48.9 Å². The second-order valence-electron chi connectivity index (χ2n) is 5.41. The highest BCUT2D eigenvalue weighted by atomic mass is 15.1. The van der Waals surface area contributed by atoms with E-state index in [1.807, 2.05) is 32.3 Å². The first-order chi connectivity index (χ1) is 10.1. The van der Waals surface area contributed by atoms with Crippen molar-refractivity contribution in [3.63, 3.8) is 0 Å². The van der Waals surface area contributed by atoms with Crippen molar-refractivity contribution in [3.8, 4) is 0 Å². The molecule has 0 aliphatic carbocycles. The summed E-state index contributed by atoms with van der Waals surface area (Å²) in [6.07, 6.45) is 0. The van der Waals surface area contributed by atoms with E-state index in [4.69, 9.17) is 4.98 Å². The van der Waals surface area contributed by atoms with Gasteiger partial charge in [-0.15, -0.1) is 0 Å². The predicted molar refractivity (Wildman–Crippen MR) is 90.5 cm³/mol. The van der Waals surface area contributed by atoms with E-state index < -0.39 is 0 Å². The minimum Gasteiger partial charge on any atom is -0.378 e. The first-order valence-electron chi connectivity index (χ1n) is 7.04. The number of para-hydroxylation sites is 1. The fraction of sp³-hybridized carbons (Fsp3) is 0.167. The van der Waals surface area contributed by atoms with Crippen molar-refractivity contribution >= 4 is 28.1 Å². The molecule has 0 unspecified atom stereocenters. The number of aryl methyl sites for hydroxylation is 1. The van der Waals surface area contributed by atoms with Crippen molar-refractivity contribution < 1.29 is 0 Å². The molecule has 0 fully saturated rings. The molecule has 21 heavy (non-hydrogen) atoms. The lowest BCUT2D eigenvalue weighted by Gasteiger charge is -2.14. The van der Waals surface area contributed by atoms with Gasteiger partial charge in [0, 0.05) is 30.9 Å². The molecule has 3 heteroatoms. The summed E-state index contributed by atoms with van der Waals surface area (Å²) in [5.41, 5.74) is 4.39. The lowest BCUT2D eigenvalue weighted by Crippen LogP contribution is -2.08. The van der Waals surface area contributed by atoms with Gasteiger partial charge in [0.2, 0.25) is 0 Å². The summed E-state index contributed by atoms with van der Waals surface area (Å²) in [5, 5.41) is 4.57. The van der Waals surface area contributed by atoms with E-state index in [9.17, 15) is 0 Å². The number of hydrogen-bond acceptors (Lipinski definition) is 3. The number of rotatable bonds is 3. The summed E-state index contributed by atoms with van der Waals surface area (Å²) in [6.45, 7) is 2.08. The van der Waals surface area contributed by atoms with Gasteiger partial charge in [-0.2, -0.15) is 0 Å². The number of aromatic nitrogens is 1. The molecule has 0 atom stereocenters. The van der Waals surface area contributed by atoms with Crippen LogP contribution in [0.15, 0.2) is 54.6 Å². The van der Waals surface area contributed by atoms with Crippen LogP contribution in [-0.2, 0) is 0 Å². The van der Waals surface area contributed by atoms with Crippen LogP contribution in [0.1, 0.15) is 5.56 Å². The summed E-state index contributed by atoms with van der Waals surface area (Å²) in [4.78, 5) is 6.79. The van der Waals surface area contributed by atoms with E-state index in [0.29, 0.717) is 0 Å². The van der Waals surface area contributed by atoms with E-state index in [1.54, 1.807) is 0 Å². The van der Waals surface area contributed by atoms with Gasteiger partial charge in [0.15, 0.2) is 0 Å². The summed E-state index contributed by atoms with van der Waals surface area (Å²) in [6, 6.07) is 18.7. The molecule has 0 aliphatic heterocycles. The van der Waals surface area contributed by atoms with E-state index in [0.717, 1.165) is 22.6 Å². The summed E-state index contributed by atoms with van der Waals surface area (Å²) >= 11 is 0. The molecular formula is C18H19N3. The Labute approximate surface area is 125 Å². The van der Waals surface area contributed by atoms with Gasteiger partial charge >= 0.3 is 0 Å². The first kappa shape index (κ1) is 13.4. The van der Waals surface area contributed by atoms with Gasteiger partial charge in [0.25, 0.3) is 0 Å². The van der Waals surface area contributed by atoms with Crippen molar-refractivity contribution in [3.05, 3.63) is 60.2 Å². The summed E-state index contributed by atoms with van der Waals surface area (Å²) in [7, 11) is 4.08. The zero-order valence-electron chi connectivity index (χ0n) is 12.6. The molecule has 0 spiro atoms. The van der Waals surface area contributed by atoms with E-state index in [-0.39, 0.29) is 0 Å². The Bertz CT molecular complexity index is 761. The second-order valence-corrected chi connectivity index (χ2v) is 5.41. The molecule has 1 aromatic heterocycles. The van der Waals surface area contributed by atoms with Gasteiger partial charge in [0.1, 0.15) is 5.82 Å². The zero-order valence-corrected chi connectivity index (χ0v) is 12.6. The fourth-order valence-electron chi connectivity index (χ4n) is 2.33. The smallest absolute Gasteiger partial charge is 0.134 e. The monoisotopic (exact) mass is 277 g/mol. The molecule has 2 aromatic carbocycles. The van der Waals surface area contributed by atoms with Crippen molar-refractivity contribution in [1.29, 1.82) is 0 Å². The van der Waals surface area contributed by atoms with Gasteiger partial charge in [-0.1, -0.05) is 18.2 Å². The highest BCUT2D eigenvalue weighted by Gasteiger charge is 2.04. The Kier molecular flexibility index (Phi) is 3.48. The standard InChI is InChI=1S/C18H19N3/c1-13-12-14-6-4-5-7-17(14)20-18(13)19-15-8-10-16(11-9-15)21(2)3/h4-12H,1-3H3,(H,19,20). The third-order valence-electron chi connectivity index (χ3n) is 3.56. The molecule has 3 aromatic rings. The zero-order chi connectivity index (χ0) is 14.8. The van der Waals surface area contributed by atoms with Crippen LogP contribution in [-0.4, -0.2) is 19.1 Å². The predicted octanol–water partition coefficient (Wildman–Crippen LogP) is 4.35. The van der Waals surface area contributed by atoms with Gasteiger partial charge in [-0.25, -0.2) is 4.98 Å². The SMILES string of the molecule is Cc1cc2ccccc2nc1Nc1ccc(N(C)C)cc1. The molecule has 3 nitrogen and oxygen atoms in total. The minimum absolute atomic E-state index is 0.909. The molecule has 0 radical (unpaired) electrons. The maximum Gasteiger partial charge on any atom is 0.134 e. The van der Waals surface area contributed by atoms with Crippen LogP contribution in [0.2, 0.25) is 0 Å². The number of benzene rings is 2. The normalized spacial score (nSPS) is 10.6. The molecule has 106 valence electrons. The second kappa shape index (κ2) is 5.44.